The standard InChI is InChI=1S/C10H13PS2/c1-6-3-9(12)10(13)5-8(6)4-7(2)11/h4-5,9,12-13H,1-3,11H2/b8-4-. The highest BCUT2D eigenvalue weighted by atomic mass is 32.1. The second-order valence-electron chi connectivity index (χ2n) is 3.07. The van der Waals surface area contributed by atoms with Crippen LogP contribution in [0, 0.1) is 0 Å². The molecule has 0 nitrogen and oxygen atoms in total. The van der Waals surface area contributed by atoms with Crippen molar-refractivity contribution in [2.45, 2.75) is 11.7 Å². The molecule has 0 N–H and O–H groups in total. The summed E-state index contributed by atoms with van der Waals surface area (Å²) in [5.41, 5.74) is 2.21. The number of thiol groups is 2. The Labute approximate surface area is 92.9 Å². The molecule has 0 aromatic rings. The monoisotopic (exact) mass is 228 g/mol. The Bertz CT molecular complexity index is 313. The van der Waals surface area contributed by atoms with Gasteiger partial charge < -0.3 is 0 Å². The molecule has 0 aliphatic heterocycles. The van der Waals surface area contributed by atoms with Crippen molar-refractivity contribution < 1.29 is 0 Å². The van der Waals surface area contributed by atoms with E-state index in [1.165, 1.54) is 0 Å². The first-order chi connectivity index (χ1) is 6.00. The van der Waals surface area contributed by atoms with Gasteiger partial charge in [0.1, 0.15) is 0 Å². The lowest BCUT2D eigenvalue weighted by Crippen LogP contribution is -2.07. The van der Waals surface area contributed by atoms with Gasteiger partial charge in [-0.05, 0) is 39.9 Å². The van der Waals surface area contributed by atoms with Gasteiger partial charge in [0.05, 0.1) is 0 Å². The van der Waals surface area contributed by atoms with Gasteiger partial charge in [0.25, 0.3) is 0 Å². The molecule has 0 aromatic carbocycles. The van der Waals surface area contributed by atoms with Crippen LogP contribution in [-0.4, -0.2) is 5.25 Å². The molecule has 1 aliphatic carbocycles. The summed E-state index contributed by atoms with van der Waals surface area (Å²) in [6, 6.07) is 0. The van der Waals surface area contributed by atoms with Gasteiger partial charge in [0, 0.05) is 5.25 Å². The fraction of sp³-hybridized carbons (Fsp3) is 0.200. The number of rotatable bonds is 1. The van der Waals surface area contributed by atoms with Crippen molar-refractivity contribution in [3.8, 4) is 0 Å². The molecule has 2 unspecified atom stereocenters. The first kappa shape index (κ1) is 11.2. The first-order valence-corrected chi connectivity index (χ1v) is 5.47. The molecule has 0 aromatic heterocycles. The lowest BCUT2D eigenvalue weighted by molar-refractivity contribution is 0.986. The molecular weight excluding hydrogens is 215 g/mol. The van der Waals surface area contributed by atoms with Gasteiger partial charge in [-0.2, -0.15) is 12.6 Å². The van der Waals surface area contributed by atoms with E-state index >= 15 is 0 Å². The summed E-state index contributed by atoms with van der Waals surface area (Å²) in [5.74, 6) is 0. The highest BCUT2D eigenvalue weighted by Crippen LogP contribution is 2.32. The predicted octanol–water partition coefficient (Wildman–Crippen LogP) is 3.37. The summed E-state index contributed by atoms with van der Waals surface area (Å²) in [6.07, 6.45) is 4.85. The maximum Gasteiger partial charge on any atom is 0.0364 e. The van der Waals surface area contributed by atoms with Gasteiger partial charge in [-0.25, -0.2) is 0 Å². The normalized spacial score (nSPS) is 26.1. The van der Waals surface area contributed by atoms with E-state index in [1.807, 2.05) is 12.2 Å². The molecule has 1 rings (SSSR count). The van der Waals surface area contributed by atoms with E-state index in [1.54, 1.807) is 0 Å². The van der Waals surface area contributed by atoms with E-state index in [0.29, 0.717) is 0 Å². The van der Waals surface area contributed by atoms with E-state index in [-0.39, 0.29) is 5.25 Å². The van der Waals surface area contributed by atoms with Crippen LogP contribution in [0.5, 0.6) is 0 Å². The van der Waals surface area contributed by atoms with E-state index < -0.39 is 0 Å². The molecule has 13 heavy (non-hydrogen) atoms. The number of hydrogen-bond donors (Lipinski definition) is 2. The van der Waals surface area contributed by atoms with Crippen LogP contribution in [-0.2, 0) is 0 Å². The SMILES string of the molecule is C=C(P)/C=C1/C=C(S)C(S)CC1=C. The summed E-state index contributed by atoms with van der Waals surface area (Å²) < 4.78 is 0. The maximum atomic E-state index is 4.39. The van der Waals surface area contributed by atoms with E-state index in [2.05, 4.69) is 47.7 Å². The highest BCUT2D eigenvalue weighted by molar-refractivity contribution is 7.88. The van der Waals surface area contributed by atoms with Gasteiger partial charge >= 0.3 is 0 Å². The van der Waals surface area contributed by atoms with Crippen molar-refractivity contribution in [1.29, 1.82) is 0 Å². The number of allylic oxidation sites excluding steroid dienone is 5. The molecule has 0 saturated heterocycles. The van der Waals surface area contributed by atoms with Crippen LogP contribution in [0.2, 0.25) is 0 Å². The Hall–Kier alpha value is 0.0900. The zero-order chi connectivity index (χ0) is 10.0. The molecule has 70 valence electrons. The second kappa shape index (κ2) is 4.54. The first-order valence-electron chi connectivity index (χ1n) is 3.93. The summed E-state index contributed by atoms with van der Waals surface area (Å²) >= 11 is 8.73. The average molecular weight is 228 g/mol. The van der Waals surface area contributed by atoms with Crippen LogP contribution in [0.4, 0.5) is 0 Å². The maximum absolute atomic E-state index is 4.39. The second-order valence-corrected chi connectivity index (χ2v) is 4.95. The lowest BCUT2D eigenvalue weighted by atomic mass is 9.96. The summed E-state index contributed by atoms with van der Waals surface area (Å²) in [4.78, 5) is 0.994. The third kappa shape index (κ3) is 3.05. The van der Waals surface area contributed by atoms with Gasteiger partial charge in [-0.1, -0.05) is 13.2 Å². The van der Waals surface area contributed by atoms with Crippen LogP contribution >= 0.6 is 34.5 Å². The van der Waals surface area contributed by atoms with E-state index in [4.69, 9.17) is 0 Å². The molecule has 2 atom stereocenters. The van der Waals surface area contributed by atoms with Gasteiger partial charge in [-0.3, -0.25) is 0 Å². The third-order valence-corrected chi connectivity index (χ3v) is 3.11. The zero-order valence-electron chi connectivity index (χ0n) is 7.33. The van der Waals surface area contributed by atoms with Crippen molar-refractivity contribution in [3.05, 3.63) is 46.7 Å². The molecule has 0 saturated carbocycles. The lowest BCUT2D eigenvalue weighted by Gasteiger charge is -2.20. The van der Waals surface area contributed by atoms with Crippen LogP contribution in [0.15, 0.2) is 46.7 Å². The molecule has 0 spiro atoms. The smallest absolute Gasteiger partial charge is 0.0364 e. The Morgan fingerprint density at radius 1 is 1.69 bits per heavy atom. The minimum Gasteiger partial charge on any atom is -0.170 e. The Morgan fingerprint density at radius 2 is 2.31 bits per heavy atom. The zero-order valence-corrected chi connectivity index (χ0v) is 10.3. The van der Waals surface area contributed by atoms with Crippen molar-refractivity contribution in [2.75, 3.05) is 0 Å². The molecular formula is C10H13PS2. The van der Waals surface area contributed by atoms with Gasteiger partial charge in [-0.15, -0.1) is 21.9 Å². The minimum absolute atomic E-state index is 0.200. The summed E-state index contributed by atoms with van der Waals surface area (Å²) in [7, 11) is 2.56. The number of hydrogen-bond acceptors (Lipinski definition) is 2. The quantitative estimate of drug-likeness (QED) is 0.499. The molecule has 3 heteroatoms. The molecule has 0 fully saturated rings. The minimum atomic E-state index is 0.200. The van der Waals surface area contributed by atoms with Crippen LogP contribution in [0.1, 0.15) is 6.42 Å². The fourth-order valence-electron chi connectivity index (χ4n) is 1.16. The van der Waals surface area contributed by atoms with Gasteiger partial charge in [0.2, 0.25) is 0 Å². The fourth-order valence-corrected chi connectivity index (χ4v) is 1.86. The summed E-state index contributed by atoms with van der Waals surface area (Å²) in [5, 5.41) is 1.15. The molecule has 1 aliphatic rings. The van der Waals surface area contributed by atoms with Crippen LogP contribution < -0.4 is 0 Å². The van der Waals surface area contributed by atoms with Crippen LogP contribution in [0.3, 0.4) is 0 Å². The van der Waals surface area contributed by atoms with Crippen molar-refractivity contribution in [3.63, 3.8) is 0 Å². The molecule has 0 bridgehead atoms. The Balaban J connectivity index is 3.00. The predicted molar refractivity (Wildman–Crippen MR) is 70.5 cm³/mol. The van der Waals surface area contributed by atoms with E-state index in [9.17, 15) is 0 Å². The Morgan fingerprint density at radius 3 is 2.85 bits per heavy atom. The molecule has 0 radical (unpaired) electrons. The van der Waals surface area contributed by atoms with Crippen molar-refractivity contribution >= 4 is 34.5 Å². The van der Waals surface area contributed by atoms with Crippen molar-refractivity contribution in [2.24, 2.45) is 0 Å². The topological polar surface area (TPSA) is 0 Å². The van der Waals surface area contributed by atoms with Crippen molar-refractivity contribution in [1.82, 2.24) is 0 Å². The third-order valence-electron chi connectivity index (χ3n) is 1.83. The Kier molecular flexibility index (Phi) is 3.90. The van der Waals surface area contributed by atoms with Crippen LogP contribution in [0.25, 0.3) is 0 Å². The van der Waals surface area contributed by atoms with Gasteiger partial charge in [0.15, 0.2) is 0 Å². The highest BCUT2D eigenvalue weighted by Gasteiger charge is 2.16. The molecule has 0 amide bonds. The average Bonchev–Trinajstić information content (AvgIpc) is 1.99. The largest absolute Gasteiger partial charge is 0.170 e. The molecule has 0 heterocycles. The van der Waals surface area contributed by atoms with E-state index in [0.717, 1.165) is 27.8 Å². The summed E-state index contributed by atoms with van der Waals surface area (Å²) in [6.45, 7) is 7.79.